The van der Waals surface area contributed by atoms with Crippen LogP contribution in [0.4, 0.5) is 0 Å². The fraction of sp³-hybridized carbons (Fsp3) is 1.00. The molecule has 2 aliphatic carbocycles. The molecule has 2 aliphatic rings. The fourth-order valence-electron chi connectivity index (χ4n) is 3.32. The molecule has 0 aromatic rings. The van der Waals surface area contributed by atoms with E-state index in [0.717, 1.165) is 44.4 Å². The summed E-state index contributed by atoms with van der Waals surface area (Å²) in [4.78, 5) is 0. The van der Waals surface area contributed by atoms with Gasteiger partial charge in [0.1, 0.15) is 0 Å². The Morgan fingerprint density at radius 2 is 1.55 bits per heavy atom. The van der Waals surface area contributed by atoms with Gasteiger partial charge in [0.2, 0.25) is 0 Å². The van der Waals surface area contributed by atoms with Crippen molar-refractivity contribution in [1.29, 1.82) is 0 Å². The van der Waals surface area contributed by atoms with Crippen molar-refractivity contribution in [1.82, 2.24) is 0 Å². The zero-order chi connectivity index (χ0) is 16.1. The molecule has 0 spiro atoms. The Morgan fingerprint density at radius 1 is 0.955 bits per heavy atom. The van der Waals surface area contributed by atoms with Crippen LogP contribution in [0.2, 0.25) is 0 Å². The van der Waals surface area contributed by atoms with Crippen LogP contribution in [-0.2, 0) is 10.1 Å². The number of unbranched alkanes of at least 4 members (excludes halogenated alkanes) is 4. The molecule has 2 rings (SSSR count). The molecule has 0 radical (unpaired) electrons. The van der Waals surface area contributed by atoms with Crippen LogP contribution < -0.4 is 0 Å². The summed E-state index contributed by atoms with van der Waals surface area (Å²) in [5, 5.41) is 9.93. The molecule has 0 aliphatic heterocycles. The summed E-state index contributed by atoms with van der Waals surface area (Å²) in [5.74, 6) is 1.02. The summed E-state index contributed by atoms with van der Waals surface area (Å²) in [5.41, 5.74) is 0. The van der Waals surface area contributed by atoms with Crippen LogP contribution in [0.25, 0.3) is 0 Å². The summed E-state index contributed by atoms with van der Waals surface area (Å²) >= 11 is 0. The van der Waals surface area contributed by atoms with E-state index in [1.54, 1.807) is 0 Å². The van der Waals surface area contributed by atoms with Crippen molar-refractivity contribution >= 4 is 10.1 Å². The molecule has 2 saturated carbocycles. The van der Waals surface area contributed by atoms with Crippen molar-refractivity contribution in [2.75, 3.05) is 0 Å². The lowest BCUT2D eigenvalue weighted by molar-refractivity contribution is 0.147. The molecule has 0 saturated heterocycles. The monoisotopic (exact) mass is 332 g/mol. The molecule has 1 atom stereocenters. The van der Waals surface area contributed by atoms with E-state index in [1.165, 1.54) is 32.1 Å². The van der Waals surface area contributed by atoms with Crippen molar-refractivity contribution in [3.63, 3.8) is 0 Å². The zero-order valence-corrected chi connectivity index (χ0v) is 14.5. The van der Waals surface area contributed by atoms with E-state index in [2.05, 4.69) is 0 Å². The van der Waals surface area contributed by atoms with Crippen LogP contribution in [-0.4, -0.2) is 28.9 Å². The second-order valence-electron chi connectivity index (χ2n) is 7.49. The van der Waals surface area contributed by atoms with Gasteiger partial charge in [0.05, 0.1) is 10.9 Å². The number of aliphatic hydroxyl groups is 1. The number of aliphatic hydroxyl groups excluding tert-OH is 1. The minimum Gasteiger partial charge on any atom is -0.393 e. The first-order valence-electron chi connectivity index (χ1n) is 9.08. The Hall–Kier alpha value is -0.130. The van der Waals surface area contributed by atoms with Crippen molar-refractivity contribution in [3.8, 4) is 0 Å². The molecule has 0 heterocycles. The average Bonchev–Trinajstić information content (AvgIpc) is 3.32. The second-order valence-corrected chi connectivity index (χ2v) is 9.31. The van der Waals surface area contributed by atoms with Gasteiger partial charge in [-0.2, -0.15) is 8.42 Å². The number of hydrogen-bond acceptors (Lipinski definition) is 3. The van der Waals surface area contributed by atoms with Gasteiger partial charge in [0, 0.05) is 0 Å². The third-order valence-corrected chi connectivity index (χ3v) is 7.08. The third-order valence-electron chi connectivity index (χ3n) is 5.37. The molecule has 0 bridgehead atoms. The van der Waals surface area contributed by atoms with Gasteiger partial charge in [-0.05, 0) is 38.0 Å². The molecule has 1 unspecified atom stereocenters. The lowest BCUT2D eigenvalue weighted by atomic mass is 10.0. The fourth-order valence-corrected chi connectivity index (χ4v) is 4.34. The molecule has 4 nitrogen and oxygen atoms in total. The number of hydrogen-bond donors (Lipinski definition) is 2. The maximum atomic E-state index is 11.2. The molecule has 130 valence electrons. The molecule has 2 N–H and O–H groups in total. The quantitative estimate of drug-likeness (QED) is 0.394. The highest BCUT2D eigenvalue weighted by molar-refractivity contribution is 7.87. The standard InChI is InChI=1S/C17H32O4S/c18-16(8-4-1-3-7-15-10-11-15)9-5-2-6-12-17(13-14-17)22(19,20)21/h15-16,18H,1-14H2,(H,19,20,21). The number of rotatable bonds is 13. The van der Waals surface area contributed by atoms with Crippen LogP contribution in [0.15, 0.2) is 0 Å². The zero-order valence-electron chi connectivity index (χ0n) is 13.7. The first kappa shape index (κ1) is 18.2. The maximum Gasteiger partial charge on any atom is 0.270 e. The topological polar surface area (TPSA) is 74.6 Å². The third kappa shape index (κ3) is 6.17. The Balaban J connectivity index is 1.41. The summed E-state index contributed by atoms with van der Waals surface area (Å²) in [6, 6.07) is 0. The van der Waals surface area contributed by atoms with E-state index in [4.69, 9.17) is 4.55 Å². The molecule has 22 heavy (non-hydrogen) atoms. The molecule has 0 amide bonds. The van der Waals surface area contributed by atoms with Crippen molar-refractivity contribution in [3.05, 3.63) is 0 Å². The van der Waals surface area contributed by atoms with Crippen molar-refractivity contribution in [2.45, 2.75) is 101 Å². The molecular formula is C17H32O4S. The van der Waals surface area contributed by atoms with Gasteiger partial charge < -0.3 is 5.11 Å². The SMILES string of the molecule is O=S(=O)(O)C1(CCCCCC(O)CCCCCC2CC2)CC1. The summed E-state index contributed by atoms with van der Waals surface area (Å²) < 4.78 is 30.8. The van der Waals surface area contributed by atoms with Crippen molar-refractivity contribution < 1.29 is 18.1 Å². The average molecular weight is 333 g/mol. The van der Waals surface area contributed by atoms with Gasteiger partial charge in [-0.1, -0.05) is 57.8 Å². The van der Waals surface area contributed by atoms with Crippen LogP contribution in [0.3, 0.4) is 0 Å². The predicted octanol–water partition coefficient (Wildman–Crippen LogP) is 4.08. The van der Waals surface area contributed by atoms with E-state index < -0.39 is 14.9 Å². The highest BCUT2D eigenvalue weighted by Crippen LogP contribution is 2.47. The minimum atomic E-state index is -3.86. The summed E-state index contributed by atoms with van der Waals surface area (Å²) in [6.07, 6.45) is 14.0. The van der Waals surface area contributed by atoms with Gasteiger partial charge in [-0.25, -0.2) is 0 Å². The lowest BCUT2D eigenvalue weighted by Gasteiger charge is -2.12. The van der Waals surface area contributed by atoms with Crippen LogP contribution in [0.1, 0.15) is 89.9 Å². The second kappa shape index (κ2) is 8.11. The van der Waals surface area contributed by atoms with Crippen LogP contribution in [0.5, 0.6) is 0 Å². The minimum absolute atomic E-state index is 0.197. The summed E-state index contributed by atoms with van der Waals surface area (Å²) in [7, 11) is -3.86. The normalized spacial score (nSPS) is 21.7. The highest BCUT2D eigenvalue weighted by Gasteiger charge is 2.53. The predicted molar refractivity (Wildman–Crippen MR) is 88.4 cm³/mol. The van der Waals surface area contributed by atoms with Gasteiger partial charge >= 0.3 is 0 Å². The van der Waals surface area contributed by atoms with Gasteiger partial charge in [0.25, 0.3) is 10.1 Å². The first-order valence-corrected chi connectivity index (χ1v) is 10.5. The maximum absolute atomic E-state index is 11.2. The molecule has 0 aromatic heterocycles. The van der Waals surface area contributed by atoms with Crippen LogP contribution >= 0.6 is 0 Å². The Bertz CT molecular complexity index is 424. The van der Waals surface area contributed by atoms with Crippen molar-refractivity contribution in [2.24, 2.45) is 5.92 Å². The van der Waals surface area contributed by atoms with E-state index in [1.807, 2.05) is 0 Å². The van der Waals surface area contributed by atoms with Gasteiger partial charge in [0.15, 0.2) is 0 Å². The van der Waals surface area contributed by atoms with E-state index in [9.17, 15) is 13.5 Å². The largest absolute Gasteiger partial charge is 0.393 e. The Labute approximate surface area is 135 Å². The van der Waals surface area contributed by atoms with Gasteiger partial charge in [-0.3, -0.25) is 4.55 Å². The summed E-state index contributed by atoms with van der Waals surface area (Å²) in [6.45, 7) is 0. The Morgan fingerprint density at radius 3 is 2.05 bits per heavy atom. The highest BCUT2D eigenvalue weighted by atomic mass is 32.2. The first-order chi connectivity index (χ1) is 10.4. The molecule has 5 heteroatoms. The molecule has 0 aromatic carbocycles. The van der Waals surface area contributed by atoms with Crippen LogP contribution in [0, 0.1) is 5.92 Å². The lowest BCUT2D eigenvalue weighted by Crippen LogP contribution is -2.21. The van der Waals surface area contributed by atoms with E-state index in [0.29, 0.717) is 19.3 Å². The Kier molecular flexibility index (Phi) is 6.72. The molecular weight excluding hydrogens is 300 g/mol. The van der Waals surface area contributed by atoms with E-state index >= 15 is 0 Å². The van der Waals surface area contributed by atoms with Gasteiger partial charge in [-0.15, -0.1) is 0 Å². The molecule has 2 fully saturated rings. The van der Waals surface area contributed by atoms with E-state index in [-0.39, 0.29) is 6.10 Å². The smallest absolute Gasteiger partial charge is 0.270 e.